The zero-order valence-corrected chi connectivity index (χ0v) is 8.31. The summed E-state index contributed by atoms with van der Waals surface area (Å²) in [5.74, 6) is 0.599. The van der Waals surface area contributed by atoms with Crippen molar-refractivity contribution < 1.29 is 6.22 Å². The summed E-state index contributed by atoms with van der Waals surface area (Å²) >= 11 is 0. The number of hydrogen-bond donors (Lipinski definition) is 1. The first-order valence-corrected chi connectivity index (χ1v) is 4.91. The zero-order chi connectivity index (χ0) is 9.40. The van der Waals surface area contributed by atoms with Gasteiger partial charge in [-0.05, 0) is 19.4 Å². The van der Waals surface area contributed by atoms with Gasteiger partial charge in [0.2, 0.25) is 0 Å². The first-order valence-electron chi connectivity index (χ1n) is 4.91. The summed E-state index contributed by atoms with van der Waals surface area (Å²) in [6, 6.07) is 0. The topological polar surface area (TPSA) is 43.1 Å². The molecule has 2 heteroatoms. The fourth-order valence-electron chi connectivity index (χ4n) is 1.09. The van der Waals surface area contributed by atoms with Crippen molar-refractivity contribution >= 4 is 5.78 Å². The maximum atomic E-state index is 11.2. The minimum Gasteiger partial charge on any atom is -0.330 e. The van der Waals surface area contributed by atoms with Crippen molar-refractivity contribution in [3.63, 3.8) is 0 Å². The van der Waals surface area contributed by atoms with E-state index < -0.39 is 0 Å². The average molecular weight is 173 g/mol. The van der Waals surface area contributed by atoms with Gasteiger partial charge in [0.05, 0.1) is 0 Å². The van der Waals surface area contributed by atoms with Gasteiger partial charge in [-0.1, -0.05) is 26.7 Å². The lowest BCUT2D eigenvalue weighted by molar-refractivity contribution is -0.122. The van der Waals surface area contributed by atoms with Crippen molar-refractivity contribution in [1.29, 1.82) is 0 Å². The van der Waals surface area contributed by atoms with E-state index in [1.54, 1.807) is 0 Å². The molecule has 0 fully saturated rings. The van der Waals surface area contributed by atoms with Crippen LogP contribution in [0.1, 0.15) is 47.4 Å². The maximum absolute atomic E-state index is 11.2. The molecule has 0 amide bonds. The number of carbonyl (C=O) groups is 1. The molecule has 2 nitrogen and oxygen atoms in total. The Morgan fingerprint density at radius 2 is 1.83 bits per heavy atom. The molecule has 0 aromatic heterocycles. The second-order valence-electron chi connectivity index (χ2n) is 3.57. The Hall–Kier alpha value is -0.370. The van der Waals surface area contributed by atoms with Gasteiger partial charge in [0, 0.05) is 13.8 Å². The zero-order valence-electron chi connectivity index (χ0n) is 8.31. The Morgan fingerprint density at radius 3 is 2.33 bits per heavy atom. The first kappa shape index (κ1) is 11.6. The van der Waals surface area contributed by atoms with E-state index >= 15 is 0 Å². The molecule has 0 heterocycles. The van der Waals surface area contributed by atoms with Crippen molar-refractivity contribution in [1.82, 2.24) is 0 Å². The van der Waals surface area contributed by atoms with Crippen LogP contribution in [0, 0.1) is 5.92 Å². The van der Waals surface area contributed by atoms with Gasteiger partial charge in [0.25, 0.3) is 0 Å². The van der Waals surface area contributed by atoms with Crippen LogP contribution in [0.25, 0.3) is 0 Å². The minimum atomic E-state index is 0. The Labute approximate surface area is 77.0 Å². The van der Waals surface area contributed by atoms with Gasteiger partial charge in [-0.15, -0.1) is 0 Å². The molecule has 0 aromatic carbocycles. The highest BCUT2D eigenvalue weighted by molar-refractivity contribution is 5.80. The average Bonchev–Trinajstić information content (AvgIpc) is 2.03. The van der Waals surface area contributed by atoms with Crippen molar-refractivity contribution in [3.05, 3.63) is 0 Å². The molecule has 0 aliphatic heterocycles. The fraction of sp³-hybridized carbons (Fsp3) is 0.900. The molecule has 0 spiro atoms. The summed E-state index contributed by atoms with van der Waals surface area (Å²) in [5, 5.41) is 0. The molecule has 12 heavy (non-hydrogen) atoms. The Balaban J connectivity index is 0. The van der Waals surface area contributed by atoms with Crippen LogP contribution in [0.2, 0.25) is 0 Å². The van der Waals surface area contributed by atoms with E-state index in [0.717, 1.165) is 32.2 Å². The van der Waals surface area contributed by atoms with Gasteiger partial charge in [0.15, 0.2) is 0 Å². The molecule has 0 saturated heterocycles. The summed E-state index contributed by atoms with van der Waals surface area (Å²) in [7, 11) is 0. The van der Waals surface area contributed by atoms with E-state index in [-0.39, 0.29) is 7.34 Å². The molecule has 0 radical (unpaired) electrons. The number of rotatable bonds is 7. The third-order valence-electron chi connectivity index (χ3n) is 2.02. The number of Topliss-reactive ketones (excluding diaryl/α,β-unsaturated/α-hetero) is 1. The van der Waals surface area contributed by atoms with Crippen molar-refractivity contribution in [2.45, 2.75) is 46.0 Å². The van der Waals surface area contributed by atoms with Crippen LogP contribution in [0.5, 0.6) is 0 Å². The molecule has 74 valence electrons. The third kappa shape index (κ3) is 6.35. The Morgan fingerprint density at radius 1 is 1.25 bits per heavy atom. The van der Waals surface area contributed by atoms with E-state index in [4.69, 9.17) is 5.73 Å². The van der Waals surface area contributed by atoms with E-state index in [0.29, 0.717) is 5.78 Å². The summed E-state index contributed by atoms with van der Waals surface area (Å²) in [5.41, 5.74) is 5.35. The highest BCUT2D eigenvalue weighted by atomic mass is 16.1. The second kappa shape index (κ2) is 7.29. The predicted molar refractivity (Wildman–Crippen MR) is 54.1 cm³/mol. The van der Waals surface area contributed by atoms with Gasteiger partial charge in [-0.25, -0.2) is 0 Å². The van der Waals surface area contributed by atoms with E-state index in [1.807, 2.05) is 13.8 Å². The maximum Gasteiger partial charge on any atom is 0.135 e. The van der Waals surface area contributed by atoms with Gasteiger partial charge in [-0.3, -0.25) is 4.79 Å². The van der Waals surface area contributed by atoms with Crippen LogP contribution in [-0.2, 0) is 4.79 Å². The minimum absolute atomic E-state index is 0. The van der Waals surface area contributed by atoms with Crippen LogP contribution < -0.4 is 5.73 Å². The molecule has 0 aromatic rings. The first-order chi connectivity index (χ1) is 5.68. The molecule has 0 unspecified atom stereocenters. The van der Waals surface area contributed by atoms with Gasteiger partial charge in [0.1, 0.15) is 5.78 Å². The monoisotopic (exact) mass is 173 g/mol. The molecule has 2 N–H and O–H groups in total. The normalized spacial score (nSPS) is 10.7. The largest absolute Gasteiger partial charge is 0.330 e. The number of nitrogens with two attached hydrogens (primary N) is 1. The Kier molecular flexibility index (Phi) is 7.06. The fourth-order valence-corrected chi connectivity index (χ4v) is 1.09. The highest BCUT2D eigenvalue weighted by Gasteiger charge is 2.05. The summed E-state index contributed by atoms with van der Waals surface area (Å²) in [4.78, 5) is 11.2. The number of hydrogen-bond acceptors (Lipinski definition) is 2. The van der Waals surface area contributed by atoms with E-state index in [2.05, 4.69) is 0 Å². The van der Waals surface area contributed by atoms with Crippen molar-refractivity contribution in [3.8, 4) is 0 Å². The summed E-state index contributed by atoms with van der Waals surface area (Å²) < 4.78 is 0. The van der Waals surface area contributed by atoms with E-state index in [9.17, 15) is 4.79 Å². The lowest BCUT2D eigenvalue weighted by Gasteiger charge is -2.02. The van der Waals surface area contributed by atoms with Crippen LogP contribution in [0.4, 0.5) is 0 Å². The smallest absolute Gasteiger partial charge is 0.135 e. The molecule has 0 bridgehead atoms. The molecular weight excluding hydrogens is 150 g/mol. The summed E-state index contributed by atoms with van der Waals surface area (Å²) in [6.45, 7) is 4.70. The van der Waals surface area contributed by atoms with Crippen LogP contribution in [-0.4, -0.2) is 12.3 Å². The Bertz CT molecular complexity index is 126. The predicted octanol–water partition coefficient (Wildman–Crippen LogP) is 2.37. The molecular formula is C10H23NO. The lowest BCUT2D eigenvalue weighted by Crippen LogP contribution is -2.06. The molecule has 0 saturated carbocycles. The highest BCUT2D eigenvalue weighted by Crippen LogP contribution is 2.06. The SMILES string of the molecule is CC(C)C(=O)CCCCCCN.[HH]. The van der Waals surface area contributed by atoms with E-state index in [1.165, 1.54) is 6.42 Å². The van der Waals surface area contributed by atoms with Crippen LogP contribution in [0.3, 0.4) is 0 Å². The molecule has 0 aliphatic rings. The molecule has 0 aliphatic carbocycles. The standard InChI is InChI=1S/C10H21NO.H2/c1-9(2)10(12)7-5-3-4-6-8-11;/h9H,3-8,11H2,1-2H3;1H. The van der Waals surface area contributed by atoms with Crippen LogP contribution in [0.15, 0.2) is 0 Å². The van der Waals surface area contributed by atoms with Gasteiger partial charge < -0.3 is 5.73 Å². The van der Waals surface area contributed by atoms with Crippen molar-refractivity contribution in [2.75, 3.05) is 6.54 Å². The third-order valence-corrected chi connectivity index (χ3v) is 2.02. The van der Waals surface area contributed by atoms with Crippen molar-refractivity contribution in [2.24, 2.45) is 11.7 Å². The van der Waals surface area contributed by atoms with Gasteiger partial charge in [-0.2, -0.15) is 0 Å². The number of unbranched alkanes of at least 4 members (excludes halogenated alkanes) is 3. The number of ketones is 1. The second-order valence-corrected chi connectivity index (χ2v) is 3.57. The van der Waals surface area contributed by atoms with Crippen LogP contribution >= 0.6 is 0 Å². The van der Waals surface area contributed by atoms with Gasteiger partial charge >= 0.3 is 0 Å². The lowest BCUT2D eigenvalue weighted by atomic mass is 10.0. The summed E-state index contributed by atoms with van der Waals surface area (Å²) in [6.07, 6.45) is 5.20. The number of carbonyl (C=O) groups excluding carboxylic acids is 1. The molecule has 0 rings (SSSR count). The molecule has 0 atom stereocenters. The quantitative estimate of drug-likeness (QED) is 0.601.